The maximum absolute atomic E-state index is 5.12. The number of rotatable bonds is 7. The van der Waals surface area contributed by atoms with E-state index in [1.807, 2.05) is 13.0 Å². The molecule has 1 heterocycles. The second-order valence-electron chi connectivity index (χ2n) is 4.71. The van der Waals surface area contributed by atoms with Crippen molar-refractivity contribution in [3.05, 3.63) is 41.5 Å². The summed E-state index contributed by atoms with van der Waals surface area (Å²) in [5.41, 5.74) is 2.41. The Balaban J connectivity index is 2.03. The van der Waals surface area contributed by atoms with Crippen molar-refractivity contribution in [2.45, 2.75) is 33.9 Å². The lowest BCUT2D eigenvalue weighted by Crippen LogP contribution is -2.22. The first-order valence-corrected chi connectivity index (χ1v) is 7.06. The zero-order chi connectivity index (χ0) is 14.4. The molecule has 0 radical (unpaired) electrons. The predicted octanol–water partition coefficient (Wildman–Crippen LogP) is 2.83. The van der Waals surface area contributed by atoms with Crippen LogP contribution in [0.25, 0.3) is 0 Å². The van der Waals surface area contributed by atoms with Gasteiger partial charge in [-0.05, 0) is 31.6 Å². The van der Waals surface area contributed by atoms with Crippen molar-refractivity contribution in [2.75, 3.05) is 18.4 Å². The van der Waals surface area contributed by atoms with E-state index in [1.54, 1.807) is 0 Å². The molecule has 5 nitrogen and oxygen atoms in total. The molecule has 0 saturated carbocycles. The van der Waals surface area contributed by atoms with Gasteiger partial charge in [0.25, 0.3) is 0 Å². The molecule has 0 spiro atoms. The summed E-state index contributed by atoms with van der Waals surface area (Å²) in [6, 6.07) is 8.34. The van der Waals surface area contributed by atoms with E-state index < -0.39 is 0 Å². The number of hydrogen-bond donors (Lipinski definition) is 1. The van der Waals surface area contributed by atoms with Gasteiger partial charge >= 0.3 is 0 Å². The summed E-state index contributed by atoms with van der Waals surface area (Å²) in [5, 5.41) is 7.17. The molecule has 0 aliphatic heterocycles. The number of benzene rings is 1. The van der Waals surface area contributed by atoms with Crippen molar-refractivity contribution in [1.29, 1.82) is 0 Å². The molecular formula is C15H22N4O. The van der Waals surface area contributed by atoms with Crippen molar-refractivity contribution in [3.63, 3.8) is 0 Å². The highest BCUT2D eigenvalue weighted by Crippen LogP contribution is 2.18. The zero-order valence-corrected chi connectivity index (χ0v) is 12.4. The Bertz CT molecular complexity index is 534. The van der Waals surface area contributed by atoms with Gasteiger partial charge in [-0.15, -0.1) is 0 Å². The highest BCUT2D eigenvalue weighted by Gasteiger charge is 2.07. The molecule has 2 aromatic rings. The van der Waals surface area contributed by atoms with E-state index in [0.717, 1.165) is 25.3 Å². The Kier molecular flexibility index (Phi) is 5.12. The molecule has 0 fully saturated rings. The van der Waals surface area contributed by atoms with Crippen LogP contribution in [0.4, 0.5) is 5.69 Å². The van der Waals surface area contributed by atoms with Crippen molar-refractivity contribution < 1.29 is 4.52 Å². The fourth-order valence-electron chi connectivity index (χ4n) is 2.10. The first kappa shape index (κ1) is 14.5. The van der Waals surface area contributed by atoms with Crippen LogP contribution >= 0.6 is 0 Å². The lowest BCUT2D eigenvalue weighted by Gasteiger charge is -2.20. The van der Waals surface area contributed by atoms with Gasteiger partial charge in [-0.3, -0.25) is 4.90 Å². The van der Waals surface area contributed by atoms with Crippen LogP contribution in [-0.4, -0.2) is 28.1 Å². The molecule has 0 aliphatic rings. The molecule has 0 amide bonds. The van der Waals surface area contributed by atoms with Crippen LogP contribution in [0.2, 0.25) is 0 Å². The van der Waals surface area contributed by atoms with E-state index in [-0.39, 0.29) is 0 Å². The fourth-order valence-corrected chi connectivity index (χ4v) is 2.10. The molecule has 5 heteroatoms. The van der Waals surface area contributed by atoms with Crippen LogP contribution in [0, 0.1) is 6.92 Å². The maximum Gasteiger partial charge on any atom is 0.245 e. The summed E-state index contributed by atoms with van der Waals surface area (Å²) in [4.78, 5) is 6.58. The summed E-state index contributed by atoms with van der Waals surface area (Å²) in [6.45, 7) is 9.78. The molecular weight excluding hydrogens is 252 g/mol. The smallest absolute Gasteiger partial charge is 0.245 e. The van der Waals surface area contributed by atoms with Crippen LogP contribution in [-0.2, 0) is 13.1 Å². The lowest BCUT2D eigenvalue weighted by atomic mass is 10.1. The van der Waals surface area contributed by atoms with Crippen molar-refractivity contribution in [1.82, 2.24) is 15.0 Å². The van der Waals surface area contributed by atoms with Gasteiger partial charge in [-0.25, -0.2) is 0 Å². The van der Waals surface area contributed by atoms with Gasteiger partial charge < -0.3 is 9.84 Å². The summed E-state index contributed by atoms with van der Waals surface area (Å²) in [5.74, 6) is 1.28. The Morgan fingerprint density at radius 1 is 1.20 bits per heavy atom. The van der Waals surface area contributed by atoms with Gasteiger partial charge in [0.05, 0.1) is 6.54 Å². The first-order chi connectivity index (χ1) is 9.72. The average molecular weight is 274 g/mol. The van der Waals surface area contributed by atoms with Crippen molar-refractivity contribution in [3.8, 4) is 0 Å². The zero-order valence-electron chi connectivity index (χ0n) is 12.4. The SMILES string of the molecule is CCN(CC)Cc1ccccc1NCc1nc(C)no1. The largest absolute Gasteiger partial charge is 0.376 e. The average Bonchev–Trinajstić information content (AvgIpc) is 2.89. The van der Waals surface area contributed by atoms with E-state index >= 15 is 0 Å². The number of nitrogens with zero attached hydrogens (tertiary/aromatic N) is 3. The molecule has 0 atom stereocenters. The molecule has 1 N–H and O–H groups in total. The third-order valence-corrected chi connectivity index (χ3v) is 3.31. The number of hydrogen-bond acceptors (Lipinski definition) is 5. The molecule has 2 rings (SSSR count). The van der Waals surface area contributed by atoms with Gasteiger partial charge in [-0.1, -0.05) is 37.2 Å². The predicted molar refractivity (Wildman–Crippen MR) is 79.4 cm³/mol. The normalized spacial score (nSPS) is 11.0. The maximum atomic E-state index is 5.12. The van der Waals surface area contributed by atoms with E-state index in [4.69, 9.17) is 4.52 Å². The van der Waals surface area contributed by atoms with Gasteiger partial charge in [0.1, 0.15) is 0 Å². The Labute approximate surface area is 120 Å². The summed E-state index contributed by atoms with van der Waals surface area (Å²) in [7, 11) is 0. The summed E-state index contributed by atoms with van der Waals surface area (Å²) >= 11 is 0. The number of anilines is 1. The highest BCUT2D eigenvalue weighted by atomic mass is 16.5. The molecule has 0 aliphatic carbocycles. The topological polar surface area (TPSA) is 54.2 Å². The van der Waals surface area contributed by atoms with E-state index in [9.17, 15) is 0 Å². The number of aryl methyl sites for hydroxylation is 1. The summed E-state index contributed by atoms with van der Waals surface area (Å²) < 4.78 is 5.12. The Hall–Kier alpha value is -1.88. The lowest BCUT2D eigenvalue weighted by molar-refractivity contribution is 0.296. The van der Waals surface area contributed by atoms with E-state index in [0.29, 0.717) is 18.3 Å². The third-order valence-electron chi connectivity index (χ3n) is 3.31. The number of nitrogens with one attached hydrogen (secondary N) is 1. The molecule has 0 unspecified atom stereocenters. The van der Waals surface area contributed by atoms with Gasteiger partial charge in [0, 0.05) is 12.2 Å². The van der Waals surface area contributed by atoms with Gasteiger partial charge in [0.15, 0.2) is 5.82 Å². The fraction of sp³-hybridized carbons (Fsp3) is 0.467. The molecule has 0 saturated heterocycles. The second kappa shape index (κ2) is 7.05. The minimum absolute atomic E-state index is 0.552. The van der Waals surface area contributed by atoms with Gasteiger partial charge in [-0.2, -0.15) is 4.98 Å². The summed E-state index contributed by atoms with van der Waals surface area (Å²) in [6.07, 6.45) is 0. The van der Waals surface area contributed by atoms with Crippen LogP contribution in [0.15, 0.2) is 28.8 Å². The van der Waals surface area contributed by atoms with Crippen molar-refractivity contribution >= 4 is 5.69 Å². The van der Waals surface area contributed by atoms with Crippen LogP contribution in [0.3, 0.4) is 0 Å². The van der Waals surface area contributed by atoms with E-state index in [2.05, 4.69) is 52.4 Å². The van der Waals surface area contributed by atoms with E-state index in [1.165, 1.54) is 5.56 Å². The Morgan fingerprint density at radius 3 is 2.60 bits per heavy atom. The highest BCUT2D eigenvalue weighted by molar-refractivity contribution is 5.50. The molecule has 1 aromatic heterocycles. The first-order valence-electron chi connectivity index (χ1n) is 7.06. The van der Waals surface area contributed by atoms with Crippen LogP contribution in [0.5, 0.6) is 0 Å². The molecule has 20 heavy (non-hydrogen) atoms. The Morgan fingerprint density at radius 2 is 1.95 bits per heavy atom. The molecule has 1 aromatic carbocycles. The molecule has 108 valence electrons. The van der Waals surface area contributed by atoms with Crippen LogP contribution in [0.1, 0.15) is 31.1 Å². The standard InChI is InChI=1S/C15H22N4O/c1-4-19(5-2)11-13-8-6-7-9-14(13)16-10-15-17-12(3)18-20-15/h6-9,16H,4-5,10-11H2,1-3H3. The van der Waals surface area contributed by atoms with Crippen molar-refractivity contribution in [2.24, 2.45) is 0 Å². The van der Waals surface area contributed by atoms with Crippen LogP contribution < -0.4 is 5.32 Å². The number of aromatic nitrogens is 2. The van der Waals surface area contributed by atoms with Gasteiger partial charge in [0.2, 0.25) is 5.89 Å². The second-order valence-corrected chi connectivity index (χ2v) is 4.71. The number of para-hydroxylation sites is 1. The third kappa shape index (κ3) is 3.81. The quantitative estimate of drug-likeness (QED) is 0.841. The minimum atomic E-state index is 0.552. The monoisotopic (exact) mass is 274 g/mol. The minimum Gasteiger partial charge on any atom is -0.376 e. The molecule has 0 bridgehead atoms.